The van der Waals surface area contributed by atoms with E-state index in [4.69, 9.17) is 0 Å². The topological polar surface area (TPSA) is 17.8 Å². The van der Waals surface area contributed by atoms with E-state index in [2.05, 4.69) is 16.5 Å². The third-order valence-corrected chi connectivity index (χ3v) is 2.54. The first-order chi connectivity index (χ1) is 7.79. The van der Waals surface area contributed by atoms with Gasteiger partial charge in [-0.2, -0.15) is 0 Å². The maximum Gasteiger partial charge on any atom is 0.123 e. The van der Waals surface area contributed by atoms with Gasteiger partial charge in [-0.25, -0.2) is 9.37 Å². The monoisotopic (exact) mass is 218 g/mol. The van der Waals surface area contributed by atoms with Gasteiger partial charge < -0.3 is 4.57 Å². The number of benzene rings is 1. The first-order valence-electron chi connectivity index (χ1n) is 5.54. The van der Waals surface area contributed by atoms with Crippen LogP contribution in [-0.4, -0.2) is 9.55 Å². The van der Waals surface area contributed by atoms with Crippen LogP contribution in [0, 0.1) is 5.82 Å². The SMILES string of the molecule is CCCc1nccn1Cc1ccc(F)cc1. The van der Waals surface area contributed by atoms with Gasteiger partial charge in [0, 0.05) is 25.4 Å². The van der Waals surface area contributed by atoms with Gasteiger partial charge in [-0.15, -0.1) is 0 Å². The van der Waals surface area contributed by atoms with E-state index in [9.17, 15) is 4.39 Å². The van der Waals surface area contributed by atoms with Crippen molar-refractivity contribution in [2.75, 3.05) is 0 Å². The largest absolute Gasteiger partial charge is 0.331 e. The van der Waals surface area contributed by atoms with Crippen LogP contribution < -0.4 is 0 Å². The van der Waals surface area contributed by atoms with Crippen molar-refractivity contribution in [2.45, 2.75) is 26.3 Å². The van der Waals surface area contributed by atoms with Gasteiger partial charge in [0.25, 0.3) is 0 Å². The van der Waals surface area contributed by atoms with Gasteiger partial charge in [-0.05, 0) is 24.1 Å². The van der Waals surface area contributed by atoms with Crippen molar-refractivity contribution < 1.29 is 4.39 Å². The van der Waals surface area contributed by atoms with Crippen LogP contribution >= 0.6 is 0 Å². The van der Waals surface area contributed by atoms with Crippen LogP contribution in [0.15, 0.2) is 36.7 Å². The molecule has 0 fully saturated rings. The summed E-state index contributed by atoms with van der Waals surface area (Å²) in [5.41, 5.74) is 1.09. The third-order valence-electron chi connectivity index (χ3n) is 2.54. The van der Waals surface area contributed by atoms with Crippen LogP contribution in [-0.2, 0) is 13.0 Å². The molecule has 84 valence electrons. The maximum absolute atomic E-state index is 12.7. The molecule has 1 heterocycles. The molecule has 0 radical (unpaired) electrons. The molecule has 0 saturated heterocycles. The summed E-state index contributed by atoms with van der Waals surface area (Å²) < 4.78 is 14.9. The van der Waals surface area contributed by atoms with Crippen molar-refractivity contribution in [2.24, 2.45) is 0 Å². The Hall–Kier alpha value is -1.64. The fraction of sp³-hybridized carbons (Fsp3) is 0.308. The molecule has 0 bridgehead atoms. The number of imidazole rings is 1. The molecule has 0 amide bonds. The zero-order valence-corrected chi connectivity index (χ0v) is 9.36. The van der Waals surface area contributed by atoms with E-state index in [1.54, 1.807) is 0 Å². The van der Waals surface area contributed by atoms with E-state index in [1.807, 2.05) is 24.5 Å². The van der Waals surface area contributed by atoms with Crippen LogP contribution in [0.2, 0.25) is 0 Å². The van der Waals surface area contributed by atoms with E-state index in [1.165, 1.54) is 12.1 Å². The number of halogens is 1. The summed E-state index contributed by atoms with van der Waals surface area (Å²) in [5, 5.41) is 0. The molecule has 0 saturated carbocycles. The summed E-state index contributed by atoms with van der Waals surface area (Å²) in [6.45, 7) is 2.90. The summed E-state index contributed by atoms with van der Waals surface area (Å²) in [5.74, 6) is 0.898. The molecule has 3 heteroatoms. The normalized spacial score (nSPS) is 10.6. The fourth-order valence-electron chi connectivity index (χ4n) is 1.72. The van der Waals surface area contributed by atoms with Crippen molar-refractivity contribution >= 4 is 0 Å². The van der Waals surface area contributed by atoms with E-state index in [-0.39, 0.29) is 5.82 Å². The van der Waals surface area contributed by atoms with Gasteiger partial charge in [0.05, 0.1) is 0 Å². The molecule has 2 rings (SSSR count). The zero-order valence-electron chi connectivity index (χ0n) is 9.36. The number of rotatable bonds is 4. The summed E-state index contributed by atoms with van der Waals surface area (Å²) in [6.07, 6.45) is 5.84. The first kappa shape index (κ1) is 10.9. The smallest absolute Gasteiger partial charge is 0.123 e. The highest BCUT2D eigenvalue weighted by Gasteiger charge is 2.02. The van der Waals surface area contributed by atoms with E-state index < -0.39 is 0 Å². The lowest BCUT2D eigenvalue weighted by atomic mass is 10.2. The predicted molar refractivity (Wildman–Crippen MR) is 61.7 cm³/mol. The Morgan fingerprint density at radius 2 is 2.00 bits per heavy atom. The van der Waals surface area contributed by atoms with Crippen LogP contribution in [0.25, 0.3) is 0 Å². The number of aromatic nitrogens is 2. The Morgan fingerprint density at radius 1 is 1.25 bits per heavy atom. The quantitative estimate of drug-likeness (QED) is 0.771. The molecular weight excluding hydrogens is 203 g/mol. The van der Waals surface area contributed by atoms with Gasteiger partial charge in [-0.1, -0.05) is 19.1 Å². The minimum Gasteiger partial charge on any atom is -0.331 e. The first-order valence-corrected chi connectivity index (χ1v) is 5.54. The van der Waals surface area contributed by atoms with Gasteiger partial charge in [0.1, 0.15) is 11.6 Å². The lowest BCUT2D eigenvalue weighted by Crippen LogP contribution is -2.04. The third kappa shape index (κ3) is 2.48. The van der Waals surface area contributed by atoms with Crippen molar-refractivity contribution in [3.8, 4) is 0 Å². The summed E-state index contributed by atoms with van der Waals surface area (Å²) in [7, 11) is 0. The molecule has 0 aliphatic heterocycles. The van der Waals surface area contributed by atoms with E-state index in [0.29, 0.717) is 0 Å². The minimum atomic E-state index is -0.192. The Kier molecular flexibility index (Phi) is 3.34. The van der Waals surface area contributed by atoms with Crippen LogP contribution in [0.3, 0.4) is 0 Å². The molecule has 0 N–H and O–H groups in total. The Morgan fingerprint density at radius 3 is 2.69 bits per heavy atom. The Labute approximate surface area is 94.8 Å². The molecule has 1 aromatic heterocycles. The lowest BCUT2D eigenvalue weighted by Gasteiger charge is -2.07. The second-order valence-electron chi connectivity index (χ2n) is 3.85. The van der Waals surface area contributed by atoms with Crippen LogP contribution in [0.4, 0.5) is 4.39 Å². The average Bonchev–Trinajstić information content (AvgIpc) is 2.70. The zero-order chi connectivity index (χ0) is 11.4. The lowest BCUT2D eigenvalue weighted by molar-refractivity contribution is 0.625. The standard InChI is InChI=1S/C13H15FN2/c1-2-3-13-15-8-9-16(13)10-11-4-6-12(14)7-5-11/h4-9H,2-3,10H2,1H3. The molecule has 2 aromatic rings. The summed E-state index contributed by atoms with van der Waals surface area (Å²) >= 11 is 0. The van der Waals surface area contributed by atoms with E-state index >= 15 is 0 Å². The van der Waals surface area contributed by atoms with Gasteiger partial charge in [0.15, 0.2) is 0 Å². The van der Waals surface area contributed by atoms with Crippen molar-refractivity contribution in [1.82, 2.24) is 9.55 Å². The second-order valence-corrected chi connectivity index (χ2v) is 3.85. The molecule has 1 aromatic carbocycles. The Bertz CT molecular complexity index is 445. The number of aryl methyl sites for hydroxylation is 1. The number of nitrogens with zero attached hydrogens (tertiary/aromatic N) is 2. The van der Waals surface area contributed by atoms with Crippen molar-refractivity contribution in [1.29, 1.82) is 0 Å². The minimum absolute atomic E-state index is 0.192. The van der Waals surface area contributed by atoms with Crippen molar-refractivity contribution in [3.63, 3.8) is 0 Å². The number of hydrogen-bond donors (Lipinski definition) is 0. The fourth-order valence-corrected chi connectivity index (χ4v) is 1.72. The molecule has 2 nitrogen and oxygen atoms in total. The van der Waals surface area contributed by atoms with Gasteiger partial charge in [0.2, 0.25) is 0 Å². The maximum atomic E-state index is 12.7. The predicted octanol–water partition coefficient (Wildman–Crippen LogP) is 3.02. The summed E-state index contributed by atoms with van der Waals surface area (Å²) in [4.78, 5) is 4.31. The molecule has 0 unspecified atom stereocenters. The van der Waals surface area contributed by atoms with Crippen LogP contribution in [0.1, 0.15) is 24.7 Å². The molecule has 0 aliphatic rings. The molecule has 0 spiro atoms. The highest BCUT2D eigenvalue weighted by atomic mass is 19.1. The molecule has 0 aliphatic carbocycles. The molecule has 16 heavy (non-hydrogen) atoms. The highest BCUT2D eigenvalue weighted by Crippen LogP contribution is 2.08. The average molecular weight is 218 g/mol. The van der Waals surface area contributed by atoms with Crippen molar-refractivity contribution in [3.05, 3.63) is 53.9 Å². The summed E-state index contributed by atoms with van der Waals surface area (Å²) in [6, 6.07) is 6.60. The van der Waals surface area contributed by atoms with E-state index in [0.717, 1.165) is 30.8 Å². The Balaban J connectivity index is 2.13. The highest BCUT2D eigenvalue weighted by molar-refractivity contribution is 5.17. The van der Waals surface area contributed by atoms with Crippen LogP contribution in [0.5, 0.6) is 0 Å². The molecule has 0 atom stereocenters. The van der Waals surface area contributed by atoms with Gasteiger partial charge in [-0.3, -0.25) is 0 Å². The number of hydrogen-bond acceptors (Lipinski definition) is 1. The second kappa shape index (κ2) is 4.92. The molecular formula is C13H15FN2. The van der Waals surface area contributed by atoms with Gasteiger partial charge >= 0.3 is 0 Å².